The molecule has 0 saturated heterocycles. The third-order valence-corrected chi connectivity index (χ3v) is 3.18. The number of nitrogens with zero attached hydrogens (tertiary/aromatic N) is 1. The van der Waals surface area contributed by atoms with E-state index in [4.69, 9.17) is 4.74 Å². The van der Waals surface area contributed by atoms with E-state index in [-0.39, 0.29) is 5.69 Å². The van der Waals surface area contributed by atoms with Gasteiger partial charge in [0.2, 0.25) is 0 Å². The molecule has 2 rings (SSSR count). The minimum Gasteiger partial charge on any atom is -0.488 e. The lowest BCUT2D eigenvalue weighted by atomic mass is 10.2. The van der Waals surface area contributed by atoms with Crippen molar-refractivity contribution in [2.45, 2.75) is 13.5 Å². The van der Waals surface area contributed by atoms with E-state index in [2.05, 4.69) is 0 Å². The van der Waals surface area contributed by atoms with Gasteiger partial charge < -0.3 is 4.74 Å². The predicted octanol–water partition coefficient (Wildman–Crippen LogP) is 3.54. The molecule has 1 aromatic carbocycles. The summed E-state index contributed by atoms with van der Waals surface area (Å²) in [5, 5.41) is 12.4. The Bertz CT molecular complexity index is 519. The van der Waals surface area contributed by atoms with Crippen LogP contribution in [-0.2, 0) is 6.61 Å². The summed E-state index contributed by atoms with van der Waals surface area (Å²) in [6.45, 7) is 2.42. The molecule has 0 aliphatic rings. The summed E-state index contributed by atoms with van der Waals surface area (Å²) in [6.07, 6.45) is 0. The second kappa shape index (κ2) is 4.97. The number of thiophene rings is 1. The van der Waals surface area contributed by atoms with Gasteiger partial charge in [0.15, 0.2) is 0 Å². The van der Waals surface area contributed by atoms with Gasteiger partial charge in [0.25, 0.3) is 5.69 Å². The first kappa shape index (κ1) is 11.6. The van der Waals surface area contributed by atoms with Gasteiger partial charge in [0.05, 0.1) is 4.92 Å². The quantitative estimate of drug-likeness (QED) is 0.615. The number of nitro benzene ring substituents is 1. The van der Waals surface area contributed by atoms with Crippen molar-refractivity contribution in [3.8, 4) is 5.75 Å². The molecule has 5 heteroatoms. The van der Waals surface area contributed by atoms with Crippen molar-refractivity contribution >= 4 is 17.0 Å². The van der Waals surface area contributed by atoms with E-state index < -0.39 is 4.92 Å². The number of hydrogen-bond donors (Lipinski definition) is 0. The molecule has 0 amide bonds. The Kier molecular flexibility index (Phi) is 3.39. The average molecular weight is 249 g/mol. The van der Waals surface area contributed by atoms with Gasteiger partial charge >= 0.3 is 0 Å². The highest BCUT2D eigenvalue weighted by molar-refractivity contribution is 7.10. The van der Waals surface area contributed by atoms with Gasteiger partial charge in [-0.2, -0.15) is 0 Å². The number of benzene rings is 1. The van der Waals surface area contributed by atoms with Crippen molar-refractivity contribution in [2.75, 3.05) is 0 Å². The molecule has 0 spiro atoms. The van der Waals surface area contributed by atoms with E-state index in [1.54, 1.807) is 23.5 Å². The molecule has 0 unspecified atom stereocenters. The molecule has 4 nitrogen and oxygen atoms in total. The Hall–Kier alpha value is -1.88. The van der Waals surface area contributed by atoms with Crippen LogP contribution < -0.4 is 4.74 Å². The standard InChI is InChI=1S/C12H11NO3S/c1-9-12(6-7-17-9)16-8-10-2-4-11(5-3-10)13(14)15/h2-7H,8H2,1H3. The van der Waals surface area contributed by atoms with Crippen molar-refractivity contribution in [3.05, 3.63) is 56.3 Å². The van der Waals surface area contributed by atoms with Gasteiger partial charge in [-0.3, -0.25) is 10.1 Å². The fraction of sp³-hybridized carbons (Fsp3) is 0.167. The van der Waals surface area contributed by atoms with E-state index in [9.17, 15) is 10.1 Å². The topological polar surface area (TPSA) is 52.4 Å². The van der Waals surface area contributed by atoms with Crippen LogP contribution in [0.25, 0.3) is 0 Å². The molecule has 0 bridgehead atoms. The summed E-state index contributed by atoms with van der Waals surface area (Å²) in [5.41, 5.74) is 1.02. The van der Waals surface area contributed by atoms with Gasteiger partial charge in [-0.1, -0.05) is 0 Å². The Balaban J connectivity index is 2.00. The molecular weight excluding hydrogens is 238 g/mol. The molecule has 0 atom stereocenters. The number of nitro groups is 1. The predicted molar refractivity (Wildman–Crippen MR) is 66.5 cm³/mol. The summed E-state index contributed by atoms with van der Waals surface area (Å²) in [4.78, 5) is 11.2. The lowest BCUT2D eigenvalue weighted by Gasteiger charge is -2.05. The zero-order valence-electron chi connectivity index (χ0n) is 9.25. The first-order chi connectivity index (χ1) is 8.16. The second-order valence-electron chi connectivity index (χ2n) is 3.55. The average Bonchev–Trinajstić information content (AvgIpc) is 2.73. The van der Waals surface area contributed by atoms with E-state index in [1.165, 1.54) is 12.1 Å². The Morgan fingerprint density at radius 2 is 2.00 bits per heavy atom. The number of non-ortho nitro benzene ring substituents is 1. The van der Waals surface area contributed by atoms with Crippen molar-refractivity contribution in [3.63, 3.8) is 0 Å². The molecule has 0 N–H and O–H groups in total. The Labute approximate surface area is 103 Å². The van der Waals surface area contributed by atoms with Gasteiger partial charge in [-0.25, -0.2) is 0 Å². The third-order valence-electron chi connectivity index (χ3n) is 2.35. The summed E-state index contributed by atoms with van der Waals surface area (Å²) in [6, 6.07) is 8.31. The van der Waals surface area contributed by atoms with Crippen molar-refractivity contribution in [2.24, 2.45) is 0 Å². The zero-order chi connectivity index (χ0) is 12.3. The van der Waals surface area contributed by atoms with E-state index >= 15 is 0 Å². The second-order valence-corrected chi connectivity index (χ2v) is 4.67. The van der Waals surface area contributed by atoms with Gasteiger partial charge in [0.1, 0.15) is 12.4 Å². The summed E-state index contributed by atoms with van der Waals surface area (Å²) < 4.78 is 5.60. The van der Waals surface area contributed by atoms with Crippen LogP contribution in [0, 0.1) is 17.0 Å². The smallest absolute Gasteiger partial charge is 0.269 e. The highest BCUT2D eigenvalue weighted by Crippen LogP contribution is 2.24. The Morgan fingerprint density at radius 1 is 1.29 bits per heavy atom. The molecule has 2 aromatic rings. The van der Waals surface area contributed by atoms with Crippen LogP contribution >= 0.6 is 11.3 Å². The fourth-order valence-electron chi connectivity index (χ4n) is 1.40. The van der Waals surface area contributed by atoms with Crippen LogP contribution in [0.1, 0.15) is 10.4 Å². The highest BCUT2D eigenvalue weighted by Gasteiger charge is 2.05. The molecular formula is C12H11NO3S. The van der Waals surface area contributed by atoms with Crippen molar-refractivity contribution < 1.29 is 9.66 Å². The molecule has 0 aliphatic heterocycles. The first-order valence-electron chi connectivity index (χ1n) is 5.07. The third kappa shape index (κ3) is 2.82. The molecule has 0 fully saturated rings. The van der Waals surface area contributed by atoms with Gasteiger partial charge in [-0.15, -0.1) is 11.3 Å². The summed E-state index contributed by atoms with van der Waals surface area (Å²) in [7, 11) is 0. The lowest BCUT2D eigenvalue weighted by Crippen LogP contribution is -1.95. The highest BCUT2D eigenvalue weighted by atomic mass is 32.1. The molecule has 0 saturated carbocycles. The van der Waals surface area contributed by atoms with Crippen molar-refractivity contribution in [1.82, 2.24) is 0 Å². The maximum absolute atomic E-state index is 10.5. The minimum absolute atomic E-state index is 0.0977. The molecule has 1 aromatic heterocycles. The van der Waals surface area contributed by atoms with Crippen molar-refractivity contribution in [1.29, 1.82) is 0 Å². The van der Waals surface area contributed by atoms with Crippen LogP contribution in [0.5, 0.6) is 5.75 Å². The van der Waals surface area contributed by atoms with Gasteiger partial charge in [0, 0.05) is 17.0 Å². The SMILES string of the molecule is Cc1sccc1OCc1ccc([N+](=O)[O-])cc1. The van der Waals surface area contributed by atoms with E-state index in [1.807, 2.05) is 18.4 Å². The van der Waals surface area contributed by atoms with E-state index in [0.29, 0.717) is 6.61 Å². The molecule has 88 valence electrons. The molecule has 0 radical (unpaired) electrons. The van der Waals surface area contributed by atoms with Crippen LogP contribution in [0.3, 0.4) is 0 Å². The molecule has 0 aliphatic carbocycles. The van der Waals surface area contributed by atoms with Crippen LogP contribution in [-0.4, -0.2) is 4.92 Å². The minimum atomic E-state index is -0.409. The Morgan fingerprint density at radius 3 is 2.53 bits per heavy atom. The maximum Gasteiger partial charge on any atom is 0.269 e. The maximum atomic E-state index is 10.5. The zero-order valence-corrected chi connectivity index (χ0v) is 10.1. The number of ether oxygens (including phenoxy) is 1. The van der Waals surface area contributed by atoms with Crippen LogP contribution in [0.2, 0.25) is 0 Å². The van der Waals surface area contributed by atoms with Gasteiger partial charge in [-0.05, 0) is 36.1 Å². The summed E-state index contributed by atoms with van der Waals surface area (Å²) >= 11 is 1.63. The first-order valence-corrected chi connectivity index (χ1v) is 5.95. The monoisotopic (exact) mass is 249 g/mol. The normalized spacial score (nSPS) is 10.2. The summed E-state index contributed by atoms with van der Waals surface area (Å²) in [5.74, 6) is 0.869. The number of aryl methyl sites for hydroxylation is 1. The number of hydrogen-bond acceptors (Lipinski definition) is 4. The van der Waals surface area contributed by atoms with E-state index in [0.717, 1.165) is 16.2 Å². The largest absolute Gasteiger partial charge is 0.488 e. The lowest BCUT2D eigenvalue weighted by molar-refractivity contribution is -0.384. The molecule has 1 heterocycles. The molecule has 17 heavy (non-hydrogen) atoms. The fourth-order valence-corrected chi connectivity index (χ4v) is 2.04. The van der Waals surface area contributed by atoms with Crippen LogP contribution in [0.15, 0.2) is 35.7 Å². The van der Waals surface area contributed by atoms with Crippen LogP contribution in [0.4, 0.5) is 5.69 Å². The number of rotatable bonds is 4.